The van der Waals surface area contributed by atoms with Gasteiger partial charge in [0.25, 0.3) is 0 Å². The first kappa shape index (κ1) is 15.6. The molecule has 1 aromatic heterocycles. The van der Waals surface area contributed by atoms with Crippen LogP contribution in [0.2, 0.25) is 0 Å². The van der Waals surface area contributed by atoms with Crippen molar-refractivity contribution in [2.24, 2.45) is 5.92 Å². The molecule has 4 nitrogen and oxygen atoms in total. The van der Waals surface area contributed by atoms with Crippen molar-refractivity contribution in [3.05, 3.63) is 17.5 Å². The van der Waals surface area contributed by atoms with Gasteiger partial charge in [-0.05, 0) is 31.6 Å². The van der Waals surface area contributed by atoms with Crippen LogP contribution in [0, 0.1) is 12.8 Å². The van der Waals surface area contributed by atoms with E-state index in [2.05, 4.69) is 48.0 Å². The molecular weight excluding hydrogens is 268 g/mol. The minimum Gasteiger partial charge on any atom is -0.340 e. The number of hydrogen-bond acceptors (Lipinski definition) is 5. The summed E-state index contributed by atoms with van der Waals surface area (Å²) in [6.07, 6.45) is 3.21. The molecule has 0 aliphatic carbocycles. The van der Waals surface area contributed by atoms with Crippen LogP contribution >= 0.6 is 11.8 Å². The quantitative estimate of drug-likeness (QED) is 0.873. The normalized spacial score (nSPS) is 18.8. The van der Waals surface area contributed by atoms with Crippen LogP contribution in [-0.2, 0) is 6.54 Å². The van der Waals surface area contributed by atoms with E-state index in [-0.39, 0.29) is 0 Å². The summed E-state index contributed by atoms with van der Waals surface area (Å²) in [6, 6.07) is 0.587. The van der Waals surface area contributed by atoms with Gasteiger partial charge in [-0.25, -0.2) is 9.97 Å². The van der Waals surface area contributed by atoms with Crippen LogP contribution in [0.15, 0.2) is 6.20 Å². The van der Waals surface area contributed by atoms with Crippen LogP contribution < -0.4 is 10.2 Å². The number of anilines is 1. The first-order valence-electron chi connectivity index (χ1n) is 7.41. The maximum absolute atomic E-state index is 4.68. The molecule has 1 N–H and O–H groups in total. The summed E-state index contributed by atoms with van der Waals surface area (Å²) in [5, 5.41) is 3.45. The van der Waals surface area contributed by atoms with Crippen LogP contribution in [0.5, 0.6) is 0 Å². The molecule has 1 aromatic rings. The smallest absolute Gasteiger partial charge is 0.225 e. The zero-order valence-corrected chi connectivity index (χ0v) is 13.8. The molecule has 1 aliphatic heterocycles. The van der Waals surface area contributed by atoms with Gasteiger partial charge in [0.05, 0.1) is 0 Å². The second-order valence-corrected chi connectivity index (χ2v) is 7.08. The summed E-state index contributed by atoms with van der Waals surface area (Å²) >= 11 is 2.02. The maximum Gasteiger partial charge on any atom is 0.225 e. The molecule has 0 saturated carbocycles. The largest absolute Gasteiger partial charge is 0.340 e. The summed E-state index contributed by atoms with van der Waals surface area (Å²) in [4.78, 5) is 11.5. The molecule has 0 bridgehead atoms. The molecule has 5 heteroatoms. The van der Waals surface area contributed by atoms with Crippen LogP contribution in [-0.4, -0.2) is 41.1 Å². The first-order chi connectivity index (χ1) is 9.58. The highest BCUT2D eigenvalue weighted by atomic mass is 32.2. The fourth-order valence-electron chi connectivity index (χ4n) is 2.31. The maximum atomic E-state index is 4.68. The van der Waals surface area contributed by atoms with Gasteiger partial charge in [0.1, 0.15) is 0 Å². The average molecular weight is 294 g/mol. The van der Waals surface area contributed by atoms with E-state index in [9.17, 15) is 0 Å². The molecule has 0 amide bonds. The van der Waals surface area contributed by atoms with Crippen molar-refractivity contribution in [3.63, 3.8) is 0 Å². The number of aryl methyl sites for hydroxylation is 1. The Morgan fingerprint density at radius 3 is 2.90 bits per heavy atom. The molecule has 0 aromatic carbocycles. The van der Waals surface area contributed by atoms with Gasteiger partial charge >= 0.3 is 0 Å². The van der Waals surface area contributed by atoms with Crippen molar-refractivity contribution in [3.8, 4) is 0 Å². The van der Waals surface area contributed by atoms with E-state index in [4.69, 9.17) is 0 Å². The van der Waals surface area contributed by atoms with Crippen molar-refractivity contribution in [1.29, 1.82) is 0 Å². The fraction of sp³-hybridized carbons (Fsp3) is 0.733. The molecule has 2 rings (SSSR count). The van der Waals surface area contributed by atoms with Crippen molar-refractivity contribution >= 4 is 17.7 Å². The highest BCUT2D eigenvalue weighted by Crippen LogP contribution is 2.24. The van der Waals surface area contributed by atoms with E-state index < -0.39 is 0 Å². The summed E-state index contributed by atoms with van der Waals surface area (Å²) in [5.41, 5.74) is 2.28. The van der Waals surface area contributed by atoms with Crippen LogP contribution in [0.4, 0.5) is 5.95 Å². The zero-order chi connectivity index (χ0) is 14.5. The van der Waals surface area contributed by atoms with E-state index >= 15 is 0 Å². The summed E-state index contributed by atoms with van der Waals surface area (Å²) < 4.78 is 0. The summed E-state index contributed by atoms with van der Waals surface area (Å²) in [5.74, 6) is 3.98. The Hall–Kier alpha value is -0.810. The third kappa shape index (κ3) is 4.09. The van der Waals surface area contributed by atoms with Gasteiger partial charge in [-0.2, -0.15) is 11.8 Å². The average Bonchev–Trinajstić information content (AvgIpc) is 2.93. The fourth-order valence-corrected chi connectivity index (χ4v) is 3.58. The zero-order valence-electron chi connectivity index (χ0n) is 13.0. The van der Waals surface area contributed by atoms with Crippen LogP contribution in [0.3, 0.4) is 0 Å². The lowest BCUT2D eigenvalue weighted by molar-refractivity contribution is 0.550. The van der Waals surface area contributed by atoms with E-state index in [1.54, 1.807) is 0 Å². The van der Waals surface area contributed by atoms with Crippen LogP contribution in [0.1, 0.15) is 31.5 Å². The molecule has 20 heavy (non-hydrogen) atoms. The lowest BCUT2D eigenvalue weighted by Crippen LogP contribution is -2.33. The second-order valence-electron chi connectivity index (χ2n) is 5.93. The van der Waals surface area contributed by atoms with E-state index in [1.165, 1.54) is 23.5 Å². The first-order valence-corrected chi connectivity index (χ1v) is 8.57. The van der Waals surface area contributed by atoms with Gasteiger partial charge in [0.15, 0.2) is 0 Å². The molecule has 1 fully saturated rings. The van der Waals surface area contributed by atoms with Crippen molar-refractivity contribution in [1.82, 2.24) is 15.3 Å². The Labute approximate surface area is 126 Å². The summed E-state index contributed by atoms with van der Waals surface area (Å²) in [7, 11) is 2.11. The predicted octanol–water partition coefficient (Wildman–Crippen LogP) is 2.47. The Morgan fingerprint density at radius 1 is 1.50 bits per heavy atom. The van der Waals surface area contributed by atoms with Gasteiger partial charge in [0.2, 0.25) is 5.95 Å². The SMILES string of the molecule is Cc1nc(N(C)C2CCSC2)ncc1CNCC(C)C. The van der Waals surface area contributed by atoms with E-state index in [1.807, 2.05) is 18.0 Å². The molecule has 1 unspecified atom stereocenters. The minimum atomic E-state index is 0.587. The Bertz CT molecular complexity index is 430. The molecular formula is C15H26N4S. The van der Waals surface area contributed by atoms with Crippen LogP contribution in [0.25, 0.3) is 0 Å². The number of aromatic nitrogens is 2. The van der Waals surface area contributed by atoms with Crippen molar-refractivity contribution < 1.29 is 0 Å². The van der Waals surface area contributed by atoms with E-state index in [0.29, 0.717) is 12.0 Å². The number of nitrogens with zero attached hydrogens (tertiary/aromatic N) is 3. The molecule has 2 heterocycles. The number of rotatable bonds is 6. The standard InChI is InChI=1S/C15H26N4S/c1-11(2)7-16-8-13-9-17-15(18-12(13)3)19(4)14-5-6-20-10-14/h9,11,14,16H,5-8,10H2,1-4H3. The Balaban J connectivity index is 1.97. The molecule has 1 atom stereocenters. The molecule has 0 spiro atoms. The monoisotopic (exact) mass is 294 g/mol. The molecule has 0 radical (unpaired) electrons. The summed E-state index contributed by atoms with van der Waals surface area (Å²) in [6.45, 7) is 8.39. The van der Waals surface area contributed by atoms with Gasteiger partial charge in [-0.15, -0.1) is 0 Å². The van der Waals surface area contributed by atoms with Gasteiger partial charge in [-0.1, -0.05) is 13.8 Å². The minimum absolute atomic E-state index is 0.587. The Morgan fingerprint density at radius 2 is 2.30 bits per heavy atom. The predicted molar refractivity (Wildman–Crippen MR) is 87.4 cm³/mol. The highest BCUT2D eigenvalue weighted by molar-refractivity contribution is 7.99. The topological polar surface area (TPSA) is 41.1 Å². The number of hydrogen-bond donors (Lipinski definition) is 1. The van der Waals surface area contributed by atoms with Gasteiger partial charge in [0, 0.05) is 42.8 Å². The second kappa shape index (κ2) is 7.27. The van der Waals surface area contributed by atoms with Gasteiger partial charge < -0.3 is 10.2 Å². The van der Waals surface area contributed by atoms with E-state index in [0.717, 1.165) is 24.7 Å². The number of thioether (sulfide) groups is 1. The molecule has 112 valence electrons. The lowest BCUT2D eigenvalue weighted by Gasteiger charge is -2.24. The number of nitrogens with one attached hydrogen (secondary N) is 1. The highest BCUT2D eigenvalue weighted by Gasteiger charge is 2.22. The van der Waals surface area contributed by atoms with Crippen molar-refractivity contribution in [2.75, 3.05) is 30.0 Å². The Kier molecular flexibility index (Phi) is 5.66. The third-order valence-electron chi connectivity index (χ3n) is 3.71. The molecule has 1 saturated heterocycles. The lowest BCUT2D eigenvalue weighted by atomic mass is 10.2. The molecule has 1 aliphatic rings. The van der Waals surface area contributed by atoms with Gasteiger partial charge in [-0.3, -0.25) is 0 Å². The van der Waals surface area contributed by atoms with Crippen molar-refractivity contribution in [2.45, 2.75) is 39.8 Å². The third-order valence-corrected chi connectivity index (χ3v) is 4.85.